The SMILES string of the molecule is CC(C)[C@H](NC(=O)C12CC3CC(CC(C3)C1)C2)c1ncc(C(=O)NO)cn1. The number of amides is 2. The molecule has 7 nitrogen and oxygen atoms in total. The third kappa shape index (κ3) is 3.33. The molecule has 4 saturated carbocycles. The summed E-state index contributed by atoms with van der Waals surface area (Å²) in [5, 5.41) is 12.0. The van der Waals surface area contributed by atoms with Crippen LogP contribution in [0.2, 0.25) is 0 Å². The van der Waals surface area contributed by atoms with Crippen molar-refractivity contribution in [2.45, 2.75) is 58.4 Å². The predicted molar refractivity (Wildman–Crippen MR) is 97.6 cm³/mol. The van der Waals surface area contributed by atoms with E-state index in [1.165, 1.54) is 31.7 Å². The Kier molecular flexibility index (Phi) is 4.66. The predicted octanol–water partition coefficient (Wildman–Crippen LogP) is 2.63. The lowest BCUT2D eigenvalue weighted by Crippen LogP contribution is -2.54. The Morgan fingerprint density at radius 2 is 1.59 bits per heavy atom. The summed E-state index contributed by atoms with van der Waals surface area (Å²) in [6.07, 6.45) is 9.72. The van der Waals surface area contributed by atoms with Crippen LogP contribution in [0.3, 0.4) is 0 Å². The molecule has 4 aliphatic carbocycles. The highest BCUT2D eigenvalue weighted by Gasteiger charge is 2.54. The number of aromatic nitrogens is 2. The number of rotatable bonds is 5. The Morgan fingerprint density at radius 1 is 1.07 bits per heavy atom. The fourth-order valence-corrected chi connectivity index (χ4v) is 5.89. The van der Waals surface area contributed by atoms with Crippen LogP contribution in [-0.2, 0) is 4.79 Å². The van der Waals surface area contributed by atoms with E-state index in [1.807, 2.05) is 13.8 Å². The van der Waals surface area contributed by atoms with E-state index in [4.69, 9.17) is 5.21 Å². The zero-order chi connectivity index (χ0) is 19.2. The van der Waals surface area contributed by atoms with E-state index in [1.54, 1.807) is 5.48 Å². The number of nitrogens with zero attached hydrogens (tertiary/aromatic N) is 2. The molecular weight excluding hydrogens is 344 g/mol. The van der Waals surface area contributed by atoms with Crippen LogP contribution in [-0.4, -0.2) is 27.0 Å². The molecule has 1 aromatic rings. The van der Waals surface area contributed by atoms with Crippen molar-refractivity contribution in [3.05, 3.63) is 23.8 Å². The maximum absolute atomic E-state index is 13.3. The highest BCUT2D eigenvalue weighted by Crippen LogP contribution is 2.60. The maximum Gasteiger partial charge on any atom is 0.277 e. The zero-order valence-corrected chi connectivity index (χ0v) is 15.9. The zero-order valence-electron chi connectivity index (χ0n) is 15.9. The van der Waals surface area contributed by atoms with Crippen LogP contribution in [0.25, 0.3) is 0 Å². The topological polar surface area (TPSA) is 104 Å². The molecule has 7 heteroatoms. The normalized spacial score (nSPS) is 32.4. The second kappa shape index (κ2) is 6.86. The molecular formula is C20H28N4O3. The minimum Gasteiger partial charge on any atom is -0.345 e. The standard InChI is InChI=1S/C20H28N4O3/c1-11(2)16(17-21-9-15(10-22-17)18(25)24-27)23-19(26)20-6-12-3-13(7-20)5-14(4-12)8-20/h9-14,16,27H,3-8H2,1-2H3,(H,23,26)(H,24,25)/t12?,13?,14?,16-,20?/m0/s1. The number of nitrogens with one attached hydrogen (secondary N) is 2. The molecule has 4 fully saturated rings. The summed E-state index contributed by atoms with van der Waals surface area (Å²) in [5.41, 5.74) is 1.54. The summed E-state index contributed by atoms with van der Waals surface area (Å²) in [6.45, 7) is 4.06. The molecule has 3 N–H and O–H groups in total. The molecule has 0 unspecified atom stereocenters. The van der Waals surface area contributed by atoms with Gasteiger partial charge >= 0.3 is 0 Å². The molecule has 146 valence electrons. The van der Waals surface area contributed by atoms with Gasteiger partial charge in [-0.15, -0.1) is 0 Å². The van der Waals surface area contributed by atoms with Crippen molar-refractivity contribution >= 4 is 11.8 Å². The van der Waals surface area contributed by atoms with Gasteiger partial charge in [-0.3, -0.25) is 14.8 Å². The van der Waals surface area contributed by atoms with Gasteiger partial charge in [0.15, 0.2) is 5.82 Å². The number of hydroxylamine groups is 1. The third-order valence-corrected chi connectivity index (χ3v) is 6.79. The van der Waals surface area contributed by atoms with Crippen LogP contribution >= 0.6 is 0 Å². The lowest BCUT2D eigenvalue weighted by Gasteiger charge is -2.55. The van der Waals surface area contributed by atoms with Crippen LogP contribution < -0.4 is 10.8 Å². The number of hydrogen-bond donors (Lipinski definition) is 3. The second-order valence-electron chi connectivity index (χ2n) is 9.16. The lowest BCUT2D eigenvalue weighted by molar-refractivity contribution is -0.147. The van der Waals surface area contributed by atoms with Gasteiger partial charge < -0.3 is 5.32 Å². The Balaban J connectivity index is 1.52. The van der Waals surface area contributed by atoms with Crippen LogP contribution in [0, 0.1) is 29.1 Å². The minimum atomic E-state index is -0.653. The van der Waals surface area contributed by atoms with Crippen molar-refractivity contribution in [3.8, 4) is 0 Å². The van der Waals surface area contributed by atoms with Crippen molar-refractivity contribution in [1.82, 2.24) is 20.8 Å². The highest BCUT2D eigenvalue weighted by molar-refractivity contribution is 5.92. The Bertz CT molecular complexity index is 696. The molecule has 0 aromatic carbocycles. The van der Waals surface area contributed by atoms with E-state index in [2.05, 4.69) is 15.3 Å². The van der Waals surface area contributed by atoms with E-state index < -0.39 is 5.91 Å². The number of carbonyl (C=O) groups is 2. The number of carbonyl (C=O) groups excluding carboxylic acids is 2. The van der Waals surface area contributed by atoms with E-state index in [9.17, 15) is 9.59 Å². The second-order valence-corrected chi connectivity index (χ2v) is 9.16. The molecule has 0 radical (unpaired) electrons. The minimum absolute atomic E-state index is 0.125. The molecule has 1 aromatic heterocycles. The van der Waals surface area contributed by atoms with Gasteiger partial charge in [0.2, 0.25) is 5.91 Å². The first-order valence-corrected chi connectivity index (χ1v) is 9.97. The average Bonchev–Trinajstić information content (AvgIpc) is 2.64. The quantitative estimate of drug-likeness (QED) is 0.544. The Labute approximate surface area is 159 Å². The van der Waals surface area contributed by atoms with Gasteiger partial charge in [-0.05, 0) is 62.2 Å². The fourth-order valence-electron chi connectivity index (χ4n) is 5.89. The molecule has 1 heterocycles. The molecule has 27 heavy (non-hydrogen) atoms. The largest absolute Gasteiger partial charge is 0.345 e. The Hall–Kier alpha value is -2.02. The van der Waals surface area contributed by atoms with Gasteiger partial charge in [-0.1, -0.05) is 13.8 Å². The smallest absolute Gasteiger partial charge is 0.277 e. The monoisotopic (exact) mass is 372 g/mol. The molecule has 2 amide bonds. The van der Waals surface area contributed by atoms with Crippen molar-refractivity contribution in [3.63, 3.8) is 0 Å². The van der Waals surface area contributed by atoms with Crippen LogP contribution in [0.4, 0.5) is 0 Å². The van der Waals surface area contributed by atoms with Crippen molar-refractivity contribution in [2.24, 2.45) is 29.1 Å². The molecule has 1 atom stereocenters. The summed E-state index contributed by atoms with van der Waals surface area (Å²) in [4.78, 5) is 33.3. The summed E-state index contributed by atoms with van der Waals surface area (Å²) in [6, 6.07) is -0.295. The first kappa shape index (κ1) is 18.3. The van der Waals surface area contributed by atoms with Gasteiger partial charge in [0.05, 0.1) is 11.6 Å². The maximum atomic E-state index is 13.3. The van der Waals surface area contributed by atoms with Crippen molar-refractivity contribution in [2.75, 3.05) is 0 Å². The van der Waals surface area contributed by atoms with Gasteiger partial charge in [-0.2, -0.15) is 0 Å². The molecule has 0 spiro atoms. The summed E-state index contributed by atoms with van der Waals surface area (Å²) in [7, 11) is 0. The molecule has 0 aliphatic heterocycles. The fraction of sp³-hybridized carbons (Fsp3) is 0.700. The average molecular weight is 372 g/mol. The van der Waals surface area contributed by atoms with Gasteiger partial charge in [-0.25, -0.2) is 15.4 Å². The van der Waals surface area contributed by atoms with Crippen molar-refractivity contribution < 1.29 is 14.8 Å². The highest BCUT2D eigenvalue weighted by atomic mass is 16.5. The van der Waals surface area contributed by atoms with E-state index in [0.29, 0.717) is 23.6 Å². The molecule has 5 rings (SSSR count). The van der Waals surface area contributed by atoms with E-state index in [-0.39, 0.29) is 28.8 Å². The van der Waals surface area contributed by atoms with Gasteiger partial charge in [0, 0.05) is 17.8 Å². The molecule has 4 aliphatic rings. The first-order valence-electron chi connectivity index (χ1n) is 9.97. The van der Waals surface area contributed by atoms with E-state index in [0.717, 1.165) is 19.3 Å². The Morgan fingerprint density at radius 3 is 2.04 bits per heavy atom. The lowest BCUT2D eigenvalue weighted by atomic mass is 9.49. The third-order valence-electron chi connectivity index (χ3n) is 6.79. The van der Waals surface area contributed by atoms with Crippen LogP contribution in [0.1, 0.15) is 74.6 Å². The molecule has 4 bridgehead atoms. The van der Waals surface area contributed by atoms with Crippen LogP contribution in [0.15, 0.2) is 12.4 Å². The van der Waals surface area contributed by atoms with Crippen LogP contribution in [0.5, 0.6) is 0 Å². The number of hydrogen-bond acceptors (Lipinski definition) is 5. The van der Waals surface area contributed by atoms with Crippen molar-refractivity contribution in [1.29, 1.82) is 0 Å². The molecule has 0 saturated heterocycles. The summed E-state index contributed by atoms with van der Waals surface area (Å²) < 4.78 is 0. The van der Waals surface area contributed by atoms with Gasteiger partial charge in [0.1, 0.15) is 0 Å². The summed E-state index contributed by atoms with van der Waals surface area (Å²) in [5.74, 6) is 2.27. The summed E-state index contributed by atoms with van der Waals surface area (Å²) >= 11 is 0. The van der Waals surface area contributed by atoms with E-state index >= 15 is 0 Å². The van der Waals surface area contributed by atoms with Gasteiger partial charge in [0.25, 0.3) is 5.91 Å². The first-order chi connectivity index (χ1) is 12.9.